The highest BCUT2D eigenvalue weighted by atomic mass is 16.5. The highest BCUT2D eigenvalue weighted by Crippen LogP contribution is 2.24. The lowest BCUT2D eigenvalue weighted by Gasteiger charge is -2.03. The zero-order chi connectivity index (χ0) is 13.2. The van der Waals surface area contributed by atoms with Gasteiger partial charge in [0.1, 0.15) is 12.0 Å². The van der Waals surface area contributed by atoms with Crippen molar-refractivity contribution in [2.75, 3.05) is 7.11 Å². The number of pyridine rings is 1. The summed E-state index contributed by atoms with van der Waals surface area (Å²) in [4.78, 5) is 15.1. The molecule has 0 bridgehead atoms. The second kappa shape index (κ2) is 4.57. The Labute approximate surface area is 109 Å². The van der Waals surface area contributed by atoms with Crippen molar-refractivity contribution in [2.24, 2.45) is 0 Å². The van der Waals surface area contributed by atoms with Crippen LogP contribution >= 0.6 is 0 Å². The number of carbonyl (C=O) groups excluding carboxylic acids is 1. The van der Waals surface area contributed by atoms with Gasteiger partial charge in [0.25, 0.3) is 0 Å². The van der Waals surface area contributed by atoms with Crippen LogP contribution in [0.25, 0.3) is 22.2 Å². The van der Waals surface area contributed by atoms with Crippen molar-refractivity contribution in [3.8, 4) is 17.0 Å². The van der Waals surface area contributed by atoms with Crippen molar-refractivity contribution in [3.63, 3.8) is 0 Å². The number of furan rings is 1. The summed E-state index contributed by atoms with van der Waals surface area (Å²) in [6, 6.07) is 11.2. The van der Waals surface area contributed by atoms with E-state index >= 15 is 0 Å². The maximum atomic E-state index is 10.6. The van der Waals surface area contributed by atoms with Crippen LogP contribution in [-0.2, 0) is 0 Å². The number of rotatable bonds is 3. The van der Waals surface area contributed by atoms with Crippen LogP contribution in [0.5, 0.6) is 5.75 Å². The standard InChI is InChI=1S/C15H11NO3/c1-18-12-3-5-14-10(6-12)2-4-15(16-14)11-7-13(8-17)19-9-11/h2-9H,1H3. The molecule has 0 aliphatic heterocycles. The Morgan fingerprint density at radius 3 is 2.84 bits per heavy atom. The van der Waals surface area contributed by atoms with E-state index in [0.29, 0.717) is 12.0 Å². The van der Waals surface area contributed by atoms with Crippen LogP contribution in [0.15, 0.2) is 47.1 Å². The quantitative estimate of drug-likeness (QED) is 0.672. The Kier molecular flexibility index (Phi) is 2.76. The monoisotopic (exact) mass is 253 g/mol. The maximum absolute atomic E-state index is 10.6. The summed E-state index contributed by atoms with van der Waals surface area (Å²) in [6.07, 6.45) is 2.21. The van der Waals surface area contributed by atoms with E-state index < -0.39 is 0 Å². The number of aldehydes is 1. The molecular formula is C15H11NO3. The molecule has 0 saturated heterocycles. The number of carbonyl (C=O) groups is 1. The van der Waals surface area contributed by atoms with Crippen molar-refractivity contribution in [2.45, 2.75) is 0 Å². The van der Waals surface area contributed by atoms with Gasteiger partial charge in [0, 0.05) is 10.9 Å². The van der Waals surface area contributed by atoms with Gasteiger partial charge in [-0.2, -0.15) is 0 Å². The molecule has 0 aliphatic carbocycles. The van der Waals surface area contributed by atoms with Gasteiger partial charge in [0.05, 0.1) is 18.3 Å². The normalized spacial score (nSPS) is 10.6. The number of hydrogen-bond donors (Lipinski definition) is 0. The molecule has 2 heterocycles. The minimum absolute atomic E-state index is 0.298. The number of fused-ring (bicyclic) bond motifs is 1. The molecule has 94 valence electrons. The third-order valence-corrected chi connectivity index (χ3v) is 2.93. The first-order valence-electron chi connectivity index (χ1n) is 5.79. The largest absolute Gasteiger partial charge is 0.497 e. The molecule has 0 spiro atoms. The number of hydrogen-bond acceptors (Lipinski definition) is 4. The lowest BCUT2D eigenvalue weighted by Crippen LogP contribution is -1.86. The van der Waals surface area contributed by atoms with E-state index in [4.69, 9.17) is 9.15 Å². The van der Waals surface area contributed by atoms with Gasteiger partial charge in [-0.1, -0.05) is 6.07 Å². The molecule has 2 aromatic heterocycles. The predicted molar refractivity (Wildman–Crippen MR) is 71.4 cm³/mol. The predicted octanol–water partition coefficient (Wildman–Crippen LogP) is 3.32. The minimum Gasteiger partial charge on any atom is -0.497 e. The molecule has 19 heavy (non-hydrogen) atoms. The molecule has 4 nitrogen and oxygen atoms in total. The van der Waals surface area contributed by atoms with Crippen LogP contribution in [-0.4, -0.2) is 18.4 Å². The average molecular weight is 253 g/mol. The van der Waals surface area contributed by atoms with E-state index in [-0.39, 0.29) is 0 Å². The van der Waals surface area contributed by atoms with Crippen LogP contribution < -0.4 is 4.74 Å². The number of nitrogens with zero attached hydrogens (tertiary/aromatic N) is 1. The average Bonchev–Trinajstić information content (AvgIpc) is 2.95. The van der Waals surface area contributed by atoms with E-state index in [1.165, 1.54) is 6.26 Å². The Balaban J connectivity index is 2.08. The summed E-state index contributed by atoms with van der Waals surface area (Å²) in [5.41, 5.74) is 2.43. The minimum atomic E-state index is 0.298. The van der Waals surface area contributed by atoms with Crippen LogP contribution in [0.3, 0.4) is 0 Å². The summed E-state index contributed by atoms with van der Waals surface area (Å²) < 4.78 is 10.3. The molecule has 3 aromatic rings. The zero-order valence-electron chi connectivity index (χ0n) is 10.3. The van der Waals surface area contributed by atoms with Crippen molar-refractivity contribution in [1.29, 1.82) is 0 Å². The molecule has 0 amide bonds. The summed E-state index contributed by atoms with van der Waals surface area (Å²) >= 11 is 0. The second-order valence-electron chi connectivity index (χ2n) is 4.11. The van der Waals surface area contributed by atoms with E-state index in [2.05, 4.69) is 4.98 Å². The Hall–Kier alpha value is -2.62. The first-order chi connectivity index (χ1) is 9.30. The summed E-state index contributed by atoms with van der Waals surface area (Å²) in [6.45, 7) is 0. The van der Waals surface area contributed by atoms with Crippen LogP contribution in [0.2, 0.25) is 0 Å². The number of methoxy groups -OCH3 is 1. The molecule has 0 atom stereocenters. The second-order valence-corrected chi connectivity index (χ2v) is 4.11. The molecule has 1 aromatic carbocycles. The van der Waals surface area contributed by atoms with Crippen LogP contribution in [0.1, 0.15) is 10.6 Å². The lowest BCUT2D eigenvalue weighted by atomic mass is 10.1. The smallest absolute Gasteiger partial charge is 0.185 e. The van der Waals surface area contributed by atoms with Crippen molar-refractivity contribution in [3.05, 3.63) is 48.4 Å². The van der Waals surface area contributed by atoms with Crippen molar-refractivity contribution >= 4 is 17.2 Å². The maximum Gasteiger partial charge on any atom is 0.185 e. The zero-order valence-corrected chi connectivity index (χ0v) is 10.3. The molecule has 0 unspecified atom stereocenters. The Bertz CT molecular complexity index is 746. The molecule has 0 N–H and O–H groups in total. The molecule has 3 rings (SSSR count). The molecule has 0 radical (unpaired) electrons. The van der Waals surface area contributed by atoms with E-state index in [0.717, 1.165) is 27.9 Å². The Morgan fingerprint density at radius 1 is 1.21 bits per heavy atom. The van der Waals surface area contributed by atoms with Gasteiger partial charge in [0.2, 0.25) is 0 Å². The summed E-state index contributed by atoms with van der Waals surface area (Å²) in [7, 11) is 1.63. The third-order valence-electron chi connectivity index (χ3n) is 2.93. The summed E-state index contributed by atoms with van der Waals surface area (Å²) in [5.74, 6) is 1.10. The van der Waals surface area contributed by atoms with Gasteiger partial charge in [0.15, 0.2) is 12.0 Å². The first kappa shape index (κ1) is 11.5. The van der Waals surface area contributed by atoms with E-state index in [1.807, 2.05) is 30.3 Å². The molecule has 4 heteroatoms. The first-order valence-corrected chi connectivity index (χ1v) is 5.79. The van der Waals surface area contributed by atoms with Crippen LogP contribution in [0, 0.1) is 0 Å². The SMILES string of the molecule is COc1ccc2nc(-c3coc(C=O)c3)ccc2c1. The number of aromatic nitrogens is 1. The van der Waals surface area contributed by atoms with Gasteiger partial charge in [-0.15, -0.1) is 0 Å². The fourth-order valence-electron chi connectivity index (χ4n) is 1.94. The van der Waals surface area contributed by atoms with E-state index in [9.17, 15) is 4.79 Å². The summed E-state index contributed by atoms with van der Waals surface area (Å²) in [5, 5.41) is 1.00. The topological polar surface area (TPSA) is 52.3 Å². The van der Waals surface area contributed by atoms with E-state index in [1.54, 1.807) is 13.2 Å². The fraction of sp³-hybridized carbons (Fsp3) is 0.0667. The number of ether oxygens (including phenoxy) is 1. The molecule has 0 fully saturated rings. The van der Waals surface area contributed by atoms with Gasteiger partial charge in [-0.25, -0.2) is 4.98 Å². The third kappa shape index (κ3) is 2.08. The van der Waals surface area contributed by atoms with Crippen LogP contribution in [0.4, 0.5) is 0 Å². The highest BCUT2D eigenvalue weighted by molar-refractivity contribution is 5.83. The highest BCUT2D eigenvalue weighted by Gasteiger charge is 2.06. The van der Waals surface area contributed by atoms with Gasteiger partial charge < -0.3 is 9.15 Å². The van der Waals surface area contributed by atoms with Gasteiger partial charge in [-0.3, -0.25) is 4.79 Å². The van der Waals surface area contributed by atoms with Gasteiger partial charge in [-0.05, 0) is 30.3 Å². The lowest BCUT2D eigenvalue weighted by molar-refractivity contribution is 0.110. The van der Waals surface area contributed by atoms with Crippen molar-refractivity contribution in [1.82, 2.24) is 4.98 Å². The molecular weight excluding hydrogens is 242 g/mol. The number of benzene rings is 1. The molecule has 0 saturated carbocycles. The molecule has 0 aliphatic rings. The fourth-order valence-corrected chi connectivity index (χ4v) is 1.94. The Morgan fingerprint density at radius 2 is 2.11 bits per heavy atom. The van der Waals surface area contributed by atoms with Gasteiger partial charge >= 0.3 is 0 Å². The van der Waals surface area contributed by atoms with Crippen molar-refractivity contribution < 1.29 is 13.9 Å².